The van der Waals surface area contributed by atoms with E-state index in [2.05, 4.69) is 217 Å². The molecule has 1 aliphatic carbocycles. The Morgan fingerprint density at radius 3 is 1.98 bits per heavy atom. The van der Waals surface area contributed by atoms with Gasteiger partial charge in [-0.15, -0.1) is 0 Å². The summed E-state index contributed by atoms with van der Waals surface area (Å²) in [4.78, 5) is 2.50. The summed E-state index contributed by atoms with van der Waals surface area (Å²) >= 11 is 0. The van der Waals surface area contributed by atoms with Crippen LogP contribution >= 0.6 is 0 Å². The van der Waals surface area contributed by atoms with E-state index in [1.807, 2.05) is 6.20 Å². The normalized spacial score (nSPS) is 14.0. The number of rotatable bonds is 4. The van der Waals surface area contributed by atoms with Crippen molar-refractivity contribution in [3.05, 3.63) is 210 Å². The van der Waals surface area contributed by atoms with Gasteiger partial charge in [-0.05, 0) is 111 Å². The predicted molar refractivity (Wildman–Crippen MR) is 247 cm³/mol. The Morgan fingerprint density at radius 2 is 1.14 bits per heavy atom. The second-order valence-electron chi connectivity index (χ2n) is 16.6. The summed E-state index contributed by atoms with van der Waals surface area (Å²) in [7, 11) is 0. The number of para-hydroxylation sites is 4. The molecule has 0 unspecified atom stereocenters. The molecule has 3 heterocycles. The summed E-state index contributed by atoms with van der Waals surface area (Å²) in [5.74, 6) is 0. The first kappa shape index (κ1) is 33.7. The highest BCUT2D eigenvalue weighted by Gasteiger charge is 2.37. The van der Waals surface area contributed by atoms with Gasteiger partial charge < -0.3 is 14.8 Å². The van der Waals surface area contributed by atoms with E-state index in [-0.39, 0.29) is 5.41 Å². The van der Waals surface area contributed by atoms with Crippen LogP contribution in [0.1, 0.15) is 36.1 Å². The maximum atomic E-state index is 3.34. The zero-order chi connectivity index (χ0) is 39.2. The number of anilines is 3. The summed E-state index contributed by atoms with van der Waals surface area (Å²) in [5.41, 5.74) is 23.4. The second kappa shape index (κ2) is 12.8. The average molecular weight is 756 g/mol. The Kier molecular flexibility index (Phi) is 7.34. The van der Waals surface area contributed by atoms with Crippen molar-refractivity contribution in [1.29, 1.82) is 0 Å². The topological polar surface area (TPSA) is 20.2 Å². The van der Waals surface area contributed by atoms with Crippen molar-refractivity contribution >= 4 is 34.0 Å². The molecule has 0 spiro atoms. The highest BCUT2D eigenvalue weighted by atomic mass is 15.2. The van der Waals surface area contributed by atoms with Crippen molar-refractivity contribution in [2.24, 2.45) is 0 Å². The monoisotopic (exact) mass is 755 g/mol. The molecule has 59 heavy (non-hydrogen) atoms. The van der Waals surface area contributed by atoms with Crippen molar-refractivity contribution in [1.82, 2.24) is 9.88 Å². The van der Waals surface area contributed by atoms with Crippen molar-refractivity contribution < 1.29 is 0 Å². The smallest absolute Gasteiger partial charge is 0.0641 e. The first-order chi connectivity index (χ1) is 29.0. The van der Waals surface area contributed by atoms with E-state index in [9.17, 15) is 0 Å². The molecule has 2 aliphatic heterocycles. The average Bonchev–Trinajstić information content (AvgIpc) is 3.70. The third kappa shape index (κ3) is 5.01. The van der Waals surface area contributed by atoms with Gasteiger partial charge in [-0.25, -0.2) is 0 Å². The van der Waals surface area contributed by atoms with Gasteiger partial charge >= 0.3 is 0 Å². The fraction of sp³-hybridized carbons (Fsp3) is 0.0714. The van der Waals surface area contributed by atoms with E-state index in [0.29, 0.717) is 0 Å². The van der Waals surface area contributed by atoms with Gasteiger partial charge in [0.1, 0.15) is 0 Å². The fourth-order valence-corrected chi connectivity index (χ4v) is 10.2. The number of nitrogens with one attached hydrogen (secondary N) is 1. The van der Waals surface area contributed by atoms with Gasteiger partial charge in [0.25, 0.3) is 0 Å². The van der Waals surface area contributed by atoms with Gasteiger partial charge in [0, 0.05) is 45.3 Å². The quantitative estimate of drug-likeness (QED) is 0.193. The molecule has 1 N–H and O–H groups in total. The van der Waals surface area contributed by atoms with Gasteiger partial charge in [-0.3, -0.25) is 0 Å². The molecular weight excluding hydrogens is 715 g/mol. The van der Waals surface area contributed by atoms with Crippen LogP contribution in [0.15, 0.2) is 188 Å². The number of fused-ring (bicyclic) bond motifs is 11. The van der Waals surface area contributed by atoms with Crippen LogP contribution in [0.25, 0.3) is 78.4 Å². The van der Waals surface area contributed by atoms with Crippen LogP contribution in [0, 0.1) is 0 Å². The highest BCUT2D eigenvalue weighted by molar-refractivity contribution is 6.13. The van der Waals surface area contributed by atoms with Crippen molar-refractivity contribution in [3.63, 3.8) is 0 Å². The van der Waals surface area contributed by atoms with Crippen LogP contribution in [0.4, 0.5) is 17.1 Å². The molecule has 9 aromatic rings. The molecule has 0 fully saturated rings. The van der Waals surface area contributed by atoms with E-state index in [4.69, 9.17) is 0 Å². The SMILES string of the molecule is CC1(C)c2ccccc2-c2ccc(-n3c4c(c5ccccc53)-c3ccccc3N(c3ccccc3-c3cccc(-c5ccc6c(c5)C=CNC6)c3)c3ccccc3-4)cc21. The minimum Gasteiger partial charge on any atom is -0.387 e. The molecule has 3 aliphatic rings. The van der Waals surface area contributed by atoms with Gasteiger partial charge in [0.2, 0.25) is 0 Å². The van der Waals surface area contributed by atoms with Gasteiger partial charge in [0.05, 0.1) is 28.3 Å². The standard InChI is InChI=1S/C56H41N3/c1-56(2)48-21-8-3-17-43(48)44-29-28-41(34-49(44)56)58-51-23-10-5-18-45(51)54-46-19-6-11-24-52(46)59(53-25-12-7-20-47(53)55(54)58)50-22-9-4-16-42(50)39-15-13-14-36(33-39)37-26-27-40-35-57-31-30-38(40)32-37/h3-34,57H,35H2,1-2H3. The molecule has 280 valence electrons. The third-order valence-corrected chi connectivity index (χ3v) is 13.0. The molecule has 0 atom stereocenters. The first-order valence-electron chi connectivity index (χ1n) is 20.6. The predicted octanol–water partition coefficient (Wildman–Crippen LogP) is 14.5. The molecular formula is C56H41N3. The number of nitrogens with zero attached hydrogens (tertiary/aromatic N) is 2. The Hall–Kier alpha value is -7.36. The van der Waals surface area contributed by atoms with Gasteiger partial charge in [0.15, 0.2) is 0 Å². The van der Waals surface area contributed by atoms with E-state index in [1.165, 1.54) is 94.6 Å². The van der Waals surface area contributed by atoms with Crippen LogP contribution in [-0.4, -0.2) is 4.57 Å². The van der Waals surface area contributed by atoms with Crippen LogP contribution in [0.2, 0.25) is 0 Å². The summed E-state index contributed by atoms with van der Waals surface area (Å²) in [5, 5.41) is 4.58. The summed E-state index contributed by atoms with van der Waals surface area (Å²) in [6, 6.07) is 67.8. The Balaban J connectivity index is 1.08. The maximum absolute atomic E-state index is 3.34. The lowest BCUT2D eigenvalue weighted by Crippen LogP contribution is -2.15. The van der Waals surface area contributed by atoms with Crippen LogP contribution in [0.5, 0.6) is 0 Å². The number of aromatic nitrogens is 1. The Labute approximate surface area is 345 Å². The molecule has 3 nitrogen and oxygen atoms in total. The van der Waals surface area contributed by atoms with E-state index < -0.39 is 0 Å². The van der Waals surface area contributed by atoms with Gasteiger partial charge in [-0.2, -0.15) is 0 Å². The largest absolute Gasteiger partial charge is 0.387 e. The third-order valence-electron chi connectivity index (χ3n) is 13.0. The fourth-order valence-electron chi connectivity index (χ4n) is 10.2. The first-order valence-corrected chi connectivity index (χ1v) is 20.6. The van der Waals surface area contributed by atoms with E-state index in [1.54, 1.807) is 0 Å². The molecule has 0 radical (unpaired) electrons. The highest BCUT2D eigenvalue weighted by Crippen LogP contribution is 2.56. The molecule has 0 saturated carbocycles. The minimum absolute atomic E-state index is 0.113. The summed E-state index contributed by atoms with van der Waals surface area (Å²) < 4.78 is 2.53. The molecule has 0 saturated heterocycles. The zero-order valence-electron chi connectivity index (χ0n) is 33.1. The van der Waals surface area contributed by atoms with Crippen LogP contribution in [-0.2, 0) is 12.0 Å². The maximum Gasteiger partial charge on any atom is 0.0641 e. The van der Waals surface area contributed by atoms with Crippen molar-refractivity contribution in [3.8, 4) is 61.5 Å². The van der Waals surface area contributed by atoms with E-state index >= 15 is 0 Å². The zero-order valence-corrected chi connectivity index (χ0v) is 33.1. The van der Waals surface area contributed by atoms with Crippen molar-refractivity contribution in [2.45, 2.75) is 25.8 Å². The van der Waals surface area contributed by atoms with Gasteiger partial charge in [-0.1, -0.05) is 147 Å². The lowest BCUT2D eigenvalue weighted by Gasteiger charge is -2.29. The number of hydrogen-bond donors (Lipinski definition) is 1. The summed E-state index contributed by atoms with van der Waals surface area (Å²) in [6.45, 7) is 5.60. The molecule has 3 heteroatoms. The minimum atomic E-state index is -0.113. The second-order valence-corrected chi connectivity index (χ2v) is 16.6. The molecule has 12 rings (SSSR count). The molecule has 1 aromatic heterocycles. The Morgan fingerprint density at radius 1 is 0.492 bits per heavy atom. The lowest BCUT2D eigenvalue weighted by molar-refractivity contribution is 0.660. The van der Waals surface area contributed by atoms with E-state index in [0.717, 1.165) is 23.6 Å². The molecule has 8 aromatic carbocycles. The van der Waals surface area contributed by atoms with Crippen LogP contribution in [0.3, 0.4) is 0 Å². The summed E-state index contributed by atoms with van der Waals surface area (Å²) in [6.07, 6.45) is 4.22. The molecule has 0 bridgehead atoms. The lowest BCUT2D eigenvalue weighted by atomic mass is 9.82. The number of benzene rings is 8. The number of hydrogen-bond acceptors (Lipinski definition) is 2. The van der Waals surface area contributed by atoms with Crippen LogP contribution < -0.4 is 10.2 Å². The van der Waals surface area contributed by atoms with Crippen molar-refractivity contribution in [2.75, 3.05) is 4.90 Å². The molecule has 0 amide bonds. The Bertz CT molecular complexity index is 3210.